The lowest BCUT2D eigenvalue weighted by Crippen LogP contribution is -2.17. The molecular formula is C15H18N2O2. The molecule has 0 bridgehead atoms. The topological polar surface area (TPSA) is 57.2 Å². The van der Waals surface area contributed by atoms with Crippen LogP contribution in [0.4, 0.5) is 0 Å². The van der Waals surface area contributed by atoms with Crippen molar-refractivity contribution in [1.82, 2.24) is 4.57 Å². The number of nitrogens with two attached hydrogens (primary N) is 1. The molecular weight excluding hydrogens is 240 g/mol. The second-order valence-electron chi connectivity index (χ2n) is 4.55. The summed E-state index contributed by atoms with van der Waals surface area (Å²) in [6, 6.07) is 7.54. The molecule has 2 N–H and O–H groups in total. The highest BCUT2D eigenvalue weighted by molar-refractivity contribution is 5.50. The summed E-state index contributed by atoms with van der Waals surface area (Å²) in [4.78, 5) is 11.8. The molecule has 1 aromatic heterocycles. The van der Waals surface area contributed by atoms with Crippen LogP contribution in [0.3, 0.4) is 0 Å². The molecule has 19 heavy (non-hydrogen) atoms. The largest absolute Gasteiger partial charge is 0.495 e. The maximum absolute atomic E-state index is 11.8. The van der Waals surface area contributed by atoms with Crippen LogP contribution in [0.1, 0.15) is 16.8 Å². The van der Waals surface area contributed by atoms with Gasteiger partial charge in [-0.3, -0.25) is 4.79 Å². The summed E-state index contributed by atoms with van der Waals surface area (Å²) >= 11 is 0. The summed E-state index contributed by atoms with van der Waals surface area (Å²) in [6.07, 6.45) is 1.79. The third kappa shape index (κ3) is 2.53. The van der Waals surface area contributed by atoms with Crippen molar-refractivity contribution < 1.29 is 4.74 Å². The molecule has 0 aliphatic rings. The Balaban J connectivity index is 2.71. The van der Waals surface area contributed by atoms with Crippen molar-refractivity contribution in [1.29, 1.82) is 0 Å². The van der Waals surface area contributed by atoms with Crippen molar-refractivity contribution in [3.05, 3.63) is 57.5 Å². The molecule has 0 radical (unpaired) electrons. The smallest absolute Gasteiger partial charge is 0.186 e. The number of rotatable bonds is 3. The van der Waals surface area contributed by atoms with Crippen LogP contribution in [0.25, 0.3) is 5.69 Å². The minimum Gasteiger partial charge on any atom is -0.495 e. The maximum Gasteiger partial charge on any atom is 0.186 e. The SMILES string of the molecule is COc1ccc(C)cc1-n1cc(CN)c(=O)cc1C. The molecule has 4 nitrogen and oxygen atoms in total. The molecule has 0 aliphatic heterocycles. The van der Waals surface area contributed by atoms with Crippen LogP contribution in [-0.4, -0.2) is 11.7 Å². The van der Waals surface area contributed by atoms with Gasteiger partial charge < -0.3 is 15.0 Å². The lowest BCUT2D eigenvalue weighted by molar-refractivity contribution is 0.412. The van der Waals surface area contributed by atoms with Gasteiger partial charge in [0.1, 0.15) is 5.75 Å². The van der Waals surface area contributed by atoms with Crippen LogP contribution in [-0.2, 0) is 6.54 Å². The van der Waals surface area contributed by atoms with Crippen molar-refractivity contribution in [3.8, 4) is 11.4 Å². The number of pyridine rings is 1. The van der Waals surface area contributed by atoms with Crippen molar-refractivity contribution in [2.75, 3.05) is 7.11 Å². The quantitative estimate of drug-likeness (QED) is 0.915. The maximum atomic E-state index is 11.8. The Kier molecular flexibility index (Phi) is 3.71. The third-order valence-corrected chi connectivity index (χ3v) is 3.14. The Morgan fingerprint density at radius 3 is 2.63 bits per heavy atom. The molecule has 4 heteroatoms. The predicted octanol–water partition coefficient (Wildman–Crippen LogP) is 1.92. The van der Waals surface area contributed by atoms with Gasteiger partial charge >= 0.3 is 0 Å². The van der Waals surface area contributed by atoms with Crippen LogP contribution in [0, 0.1) is 13.8 Å². The van der Waals surface area contributed by atoms with Gasteiger partial charge in [-0.15, -0.1) is 0 Å². The van der Waals surface area contributed by atoms with Crippen molar-refractivity contribution in [2.45, 2.75) is 20.4 Å². The summed E-state index contributed by atoms with van der Waals surface area (Å²) in [5, 5.41) is 0. The van der Waals surface area contributed by atoms with Crippen molar-refractivity contribution >= 4 is 0 Å². The van der Waals surface area contributed by atoms with Gasteiger partial charge in [0.25, 0.3) is 0 Å². The Morgan fingerprint density at radius 2 is 2.00 bits per heavy atom. The molecule has 0 fully saturated rings. The minimum atomic E-state index is -0.0251. The van der Waals surface area contributed by atoms with E-state index in [2.05, 4.69) is 0 Å². The normalized spacial score (nSPS) is 10.5. The average Bonchev–Trinajstić information content (AvgIpc) is 2.39. The molecule has 0 spiro atoms. The molecule has 0 saturated heterocycles. The van der Waals surface area contributed by atoms with E-state index in [0.717, 1.165) is 22.7 Å². The monoisotopic (exact) mass is 258 g/mol. The fourth-order valence-electron chi connectivity index (χ4n) is 2.07. The van der Waals surface area contributed by atoms with E-state index in [9.17, 15) is 4.79 Å². The van der Waals surface area contributed by atoms with E-state index in [4.69, 9.17) is 10.5 Å². The Hall–Kier alpha value is -2.07. The molecule has 2 rings (SSSR count). The summed E-state index contributed by atoms with van der Waals surface area (Å²) in [5.74, 6) is 0.764. The minimum absolute atomic E-state index is 0.0251. The van der Waals surface area contributed by atoms with Gasteiger partial charge in [-0.05, 0) is 31.5 Å². The average molecular weight is 258 g/mol. The fourth-order valence-corrected chi connectivity index (χ4v) is 2.07. The van der Waals surface area contributed by atoms with Crippen molar-refractivity contribution in [3.63, 3.8) is 0 Å². The first kappa shape index (κ1) is 13.4. The van der Waals surface area contributed by atoms with Crippen LogP contribution in [0.2, 0.25) is 0 Å². The van der Waals surface area contributed by atoms with E-state index >= 15 is 0 Å². The summed E-state index contributed by atoms with van der Waals surface area (Å²) in [5.41, 5.74) is 9.06. The number of ether oxygens (including phenoxy) is 1. The lowest BCUT2D eigenvalue weighted by atomic mass is 10.1. The van der Waals surface area contributed by atoms with Gasteiger partial charge in [0, 0.05) is 30.1 Å². The molecule has 0 unspecified atom stereocenters. The van der Waals surface area contributed by atoms with Gasteiger partial charge in [0.2, 0.25) is 0 Å². The van der Waals surface area contributed by atoms with Crippen LogP contribution < -0.4 is 15.9 Å². The van der Waals surface area contributed by atoms with Crippen LogP contribution >= 0.6 is 0 Å². The Labute approximate surface area is 112 Å². The lowest BCUT2D eigenvalue weighted by Gasteiger charge is -2.16. The highest BCUT2D eigenvalue weighted by Crippen LogP contribution is 2.24. The number of methoxy groups -OCH3 is 1. The molecule has 0 saturated carbocycles. The Morgan fingerprint density at radius 1 is 1.26 bits per heavy atom. The van der Waals surface area contributed by atoms with E-state index in [0.29, 0.717) is 5.56 Å². The number of aryl methyl sites for hydroxylation is 2. The van der Waals surface area contributed by atoms with E-state index < -0.39 is 0 Å². The molecule has 1 aromatic carbocycles. The highest BCUT2D eigenvalue weighted by atomic mass is 16.5. The standard InChI is InChI=1S/C15H18N2O2/c1-10-4-5-15(19-3)13(6-10)17-9-12(8-16)14(18)7-11(17)2/h4-7,9H,8,16H2,1-3H3. The van der Waals surface area contributed by atoms with Crippen LogP contribution in [0.15, 0.2) is 35.3 Å². The second-order valence-corrected chi connectivity index (χ2v) is 4.55. The third-order valence-electron chi connectivity index (χ3n) is 3.14. The number of nitrogens with zero attached hydrogens (tertiary/aromatic N) is 1. The zero-order valence-corrected chi connectivity index (χ0v) is 11.4. The molecule has 0 atom stereocenters. The summed E-state index contributed by atoms with van der Waals surface area (Å²) < 4.78 is 7.32. The first-order valence-electron chi connectivity index (χ1n) is 6.14. The van der Waals surface area contributed by atoms with E-state index in [1.54, 1.807) is 19.4 Å². The molecule has 1 heterocycles. The summed E-state index contributed by atoms with van der Waals surface area (Å²) in [6.45, 7) is 4.14. The van der Waals surface area contributed by atoms with Gasteiger partial charge in [-0.2, -0.15) is 0 Å². The second kappa shape index (κ2) is 5.28. The zero-order valence-electron chi connectivity index (χ0n) is 11.4. The van der Waals surface area contributed by atoms with E-state index in [1.165, 1.54) is 0 Å². The number of benzene rings is 1. The Bertz CT molecular complexity index is 660. The number of hydrogen-bond donors (Lipinski definition) is 1. The highest BCUT2D eigenvalue weighted by Gasteiger charge is 2.09. The van der Waals surface area contributed by atoms with Crippen molar-refractivity contribution in [2.24, 2.45) is 5.73 Å². The van der Waals surface area contributed by atoms with Crippen LogP contribution in [0.5, 0.6) is 5.75 Å². The van der Waals surface area contributed by atoms with Gasteiger partial charge in [-0.1, -0.05) is 6.07 Å². The van der Waals surface area contributed by atoms with E-state index in [-0.39, 0.29) is 12.0 Å². The zero-order chi connectivity index (χ0) is 14.0. The molecule has 0 amide bonds. The van der Waals surface area contributed by atoms with Gasteiger partial charge in [0.15, 0.2) is 5.43 Å². The van der Waals surface area contributed by atoms with Gasteiger partial charge in [-0.25, -0.2) is 0 Å². The van der Waals surface area contributed by atoms with E-state index in [1.807, 2.05) is 36.6 Å². The fraction of sp³-hybridized carbons (Fsp3) is 0.267. The van der Waals surface area contributed by atoms with Gasteiger partial charge in [0.05, 0.1) is 12.8 Å². The number of aromatic nitrogens is 1. The molecule has 2 aromatic rings. The summed E-state index contributed by atoms with van der Waals surface area (Å²) in [7, 11) is 1.63. The molecule has 0 aliphatic carbocycles. The first-order valence-corrected chi connectivity index (χ1v) is 6.14. The number of hydrogen-bond acceptors (Lipinski definition) is 3. The first-order chi connectivity index (χ1) is 9.06. The predicted molar refractivity (Wildman–Crippen MR) is 76.0 cm³/mol. The molecule has 100 valence electrons.